The summed E-state index contributed by atoms with van der Waals surface area (Å²) in [6.45, 7) is 8.15. The van der Waals surface area contributed by atoms with E-state index in [1.54, 1.807) is 0 Å². The number of imidazole rings is 1. The number of para-hydroxylation sites is 1. The van der Waals surface area contributed by atoms with E-state index >= 15 is 0 Å². The Morgan fingerprint density at radius 3 is 2.66 bits per heavy atom. The van der Waals surface area contributed by atoms with E-state index in [2.05, 4.69) is 55.7 Å². The van der Waals surface area contributed by atoms with Gasteiger partial charge in [-0.25, -0.2) is 4.98 Å². The predicted octanol–water partition coefficient (Wildman–Crippen LogP) is 4.87. The van der Waals surface area contributed by atoms with Gasteiger partial charge >= 0.3 is 0 Å². The van der Waals surface area contributed by atoms with Crippen molar-refractivity contribution < 1.29 is 4.42 Å². The minimum absolute atomic E-state index is 0.839. The average molecular weight is 393 g/mol. The lowest BCUT2D eigenvalue weighted by molar-refractivity contribution is 0.227. The first-order valence-corrected chi connectivity index (χ1v) is 10.8. The molecule has 0 aliphatic carbocycles. The molecular formula is C24H32N4O. The molecule has 0 atom stereocenters. The third kappa shape index (κ3) is 5.51. The summed E-state index contributed by atoms with van der Waals surface area (Å²) in [5, 5.41) is 0. The van der Waals surface area contributed by atoms with Crippen molar-refractivity contribution in [2.75, 3.05) is 24.5 Å². The van der Waals surface area contributed by atoms with Crippen molar-refractivity contribution in [1.29, 1.82) is 0 Å². The van der Waals surface area contributed by atoms with Gasteiger partial charge in [-0.05, 0) is 56.4 Å². The smallest absolute Gasteiger partial charge is 0.118 e. The highest BCUT2D eigenvalue weighted by molar-refractivity contribution is 5.53. The molecule has 4 rings (SSSR count). The van der Waals surface area contributed by atoms with E-state index in [0.717, 1.165) is 44.1 Å². The third-order valence-corrected chi connectivity index (χ3v) is 5.71. The average Bonchev–Trinajstić information content (AvgIpc) is 3.41. The minimum atomic E-state index is 0.839. The van der Waals surface area contributed by atoms with Crippen LogP contribution in [-0.4, -0.2) is 34.1 Å². The summed E-state index contributed by atoms with van der Waals surface area (Å²) >= 11 is 0. The van der Waals surface area contributed by atoms with Gasteiger partial charge in [-0.3, -0.25) is 4.90 Å². The molecule has 0 unspecified atom stereocenters. The van der Waals surface area contributed by atoms with Gasteiger partial charge in [0.05, 0.1) is 12.9 Å². The van der Waals surface area contributed by atoms with Gasteiger partial charge in [-0.15, -0.1) is 0 Å². The van der Waals surface area contributed by atoms with Crippen LogP contribution in [0.5, 0.6) is 0 Å². The van der Waals surface area contributed by atoms with Crippen molar-refractivity contribution in [1.82, 2.24) is 14.5 Å². The highest BCUT2D eigenvalue weighted by Gasteiger charge is 2.17. The summed E-state index contributed by atoms with van der Waals surface area (Å²) < 4.78 is 8.03. The Bertz CT molecular complexity index is 865. The van der Waals surface area contributed by atoms with Gasteiger partial charge in [-0.2, -0.15) is 0 Å². The normalized spacial score (nSPS) is 14.6. The highest BCUT2D eigenvalue weighted by Crippen LogP contribution is 2.26. The Kier molecular flexibility index (Phi) is 6.67. The van der Waals surface area contributed by atoms with E-state index in [9.17, 15) is 0 Å². The summed E-state index contributed by atoms with van der Waals surface area (Å²) in [6.07, 6.45) is 10.8. The van der Waals surface area contributed by atoms with Gasteiger partial charge in [-0.1, -0.05) is 18.2 Å². The minimum Gasteiger partial charge on any atom is -0.465 e. The Morgan fingerprint density at radius 2 is 1.90 bits per heavy atom. The molecule has 0 bridgehead atoms. The molecule has 1 aliphatic heterocycles. The van der Waals surface area contributed by atoms with Crippen molar-refractivity contribution in [2.45, 2.75) is 52.2 Å². The second-order valence-electron chi connectivity index (χ2n) is 8.05. The largest absolute Gasteiger partial charge is 0.465 e. The van der Waals surface area contributed by atoms with Crippen LogP contribution >= 0.6 is 0 Å². The molecule has 3 aromatic rings. The van der Waals surface area contributed by atoms with Crippen molar-refractivity contribution in [3.05, 3.63) is 72.2 Å². The van der Waals surface area contributed by atoms with E-state index in [1.807, 2.05) is 25.6 Å². The third-order valence-electron chi connectivity index (χ3n) is 5.71. The molecule has 3 heterocycles. The highest BCUT2D eigenvalue weighted by atomic mass is 16.3. The van der Waals surface area contributed by atoms with Gasteiger partial charge in [0.2, 0.25) is 0 Å². The van der Waals surface area contributed by atoms with E-state index in [1.165, 1.54) is 43.6 Å². The fourth-order valence-corrected chi connectivity index (χ4v) is 4.23. The van der Waals surface area contributed by atoms with Gasteiger partial charge < -0.3 is 13.9 Å². The van der Waals surface area contributed by atoms with Crippen molar-refractivity contribution in [3.63, 3.8) is 0 Å². The van der Waals surface area contributed by atoms with E-state index in [0.29, 0.717) is 0 Å². The van der Waals surface area contributed by atoms with Crippen LogP contribution < -0.4 is 4.90 Å². The fourth-order valence-electron chi connectivity index (χ4n) is 4.23. The van der Waals surface area contributed by atoms with Gasteiger partial charge in [0.15, 0.2) is 0 Å². The number of aromatic nitrogens is 2. The predicted molar refractivity (Wildman–Crippen MR) is 117 cm³/mol. The second-order valence-corrected chi connectivity index (χ2v) is 8.05. The number of rotatable bonds is 9. The van der Waals surface area contributed by atoms with Crippen LogP contribution in [0.15, 0.2) is 59.5 Å². The molecule has 1 aromatic carbocycles. The van der Waals surface area contributed by atoms with Gasteiger partial charge in [0.25, 0.3) is 0 Å². The zero-order chi connectivity index (χ0) is 19.9. The lowest BCUT2D eigenvalue weighted by Crippen LogP contribution is -2.31. The van der Waals surface area contributed by atoms with Gasteiger partial charge in [0, 0.05) is 50.8 Å². The Labute approximate surface area is 174 Å². The van der Waals surface area contributed by atoms with Crippen LogP contribution in [0.2, 0.25) is 0 Å². The number of piperidine rings is 1. The lowest BCUT2D eigenvalue weighted by Gasteiger charge is -2.32. The standard InChI is InChI=1S/C24H32N4O/c1-21-10-11-23(29-21)19-27(14-7-13-26-17-12-25-20-26)18-22-8-3-4-9-24(22)28-15-5-2-6-16-28/h3-4,8-12,17,20H,2,5-7,13-16,18-19H2,1H3. The van der Waals surface area contributed by atoms with Gasteiger partial charge in [0.1, 0.15) is 11.5 Å². The second kappa shape index (κ2) is 9.79. The van der Waals surface area contributed by atoms with Crippen LogP contribution in [0.25, 0.3) is 0 Å². The number of nitrogens with zero attached hydrogens (tertiary/aromatic N) is 4. The Balaban J connectivity index is 1.46. The Morgan fingerprint density at radius 1 is 1.03 bits per heavy atom. The Hall–Kier alpha value is -2.53. The molecular weight excluding hydrogens is 360 g/mol. The molecule has 0 saturated carbocycles. The van der Waals surface area contributed by atoms with Crippen LogP contribution in [0.3, 0.4) is 0 Å². The monoisotopic (exact) mass is 392 g/mol. The van der Waals surface area contributed by atoms with E-state index in [4.69, 9.17) is 4.42 Å². The molecule has 0 radical (unpaired) electrons. The van der Waals surface area contributed by atoms with Crippen LogP contribution in [0.4, 0.5) is 5.69 Å². The number of anilines is 1. The van der Waals surface area contributed by atoms with Crippen molar-refractivity contribution in [2.24, 2.45) is 0 Å². The summed E-state index contributed by atoms with van der Waals surface area (Å²) in [6, 6.07) is 13.1. The van der Waals surface area contributed by atoms with Crippen molar-refractivity contribution in [3.8, 4) is 0 Å². The number of furan rings is 1. The summed E-state index contributed by atoms with van der Waals surface area (Å²) in [4.78, 5) is 9.23. The maximum absolute atomic E-state index is 5.88. The van der Waals surface area contributed by atoms with E-state index in [-0.39, 0.29) is 0 Å². The number of benzene rings is 1. The summed E-state index contributed by atoms with van der Waals surface area (Å²) in [5.74, 6) is 2.02. The maximum Gasteiger partial charge on any atom is 0.118 e. The van der Waals surface area contributed by atoms with Crippen LogP contribution in [0.1, 0.15) is 42.8 Å². The van der Waals surface area contributed by atoms with E-state index < -0.39 is 0 Å². The molecule has 1 saturated heterocycles. The first-order valence-electron chi connectivity index (χ1n) is 10.8. The zero-order valence-corrected chi connectivity index (χ0v) is 17.5. The molecule has 2 aromatic heterocycles. The quantitative estimate of drug-likeness (QED) is 0.521. The van der Waals surface area contributed by atoms with Crippen LogP contribution in [-0.2, 0) is 19.6 Å². The van der Waals surface area contributed by atoms with Crippen molar-refractivity contribution >= 4 is 5.69 Å². The summed E-state index contributed by atoms with van der Waals surface area (Å²) in [7, 11) is 0. The molecule has 5 nitrogen and oxygen atoms in total. The topological polar surface area (TPSA) is 37.4 Å². The zero-order valence-electron chi connectivity index (χ0n) is 17.5. The first kappa shape index (κ1) is 19.8. The number of hydrogen-bond donors (Lipinski definition) is 0. The summed E-state index contributed by atoms with van der Waals surface area (Å²) in [5.41, 5.74) is 2.82. The molecule has 0 spiro atoms. The molecule has 1 fully saturated rings. The SMILES string of the molecule is Cc1ccc(CN(CCCn2ccnc2)Cc2ccccc2N2CCCCC2)o1. The molecule has 0 amide bonds. The molecule has 0 N–H and O–H groups in total. The fraction of sp³-hybridized carbons (Fsp3) is 0.458. The maximum atomic E-state index is 5.88. The number of hydrogen-bond acceptors (Lipinski definition) is 4. The lowest BCUT2D eigenvalue weighted by atomic mass is 10.1. The molecule has 5 heteroatoms. The molecule has 154 valence electrons. The number of aryl methyl sites for hydroxylation is 2. The molecule has 29 heavy (non-hydrogen) atoms. The van der Waals surface area contributed by atoms with Crippen LogP contribution in [0, 0.1) is 6.92 Å². The molecule has 1 aliphatic rings. The first-order chi connectivity index (χ1) is 14.3.